The highest BCUT2D eigenvalue weighted by Crippen LogP contribution is 2.36. The fourth-order valence-electron chi connectivity index (χ4n) is 3.90. The first-order chi connectivity index (χ1) is 14.5. The number of nitrogens with zero attached hydrogens (tertiary/aromatic N) is 3. The Labute approximate surface area is 171 Å². The van der Waals surface area contributed by atoms with Gasteiger partial charge in [0.05, 0.1) is 33.9 Å². The molecular formula is C24H16FN3O2. The molecule has 0 bridgehead atoms. The van der Waals surface area contributed by atoms with Crippen molar-refractivity contribution in [2.75, 3.05) is 0 Å². The molecule has 0 radical (unpaired) electrons. The molecule has 30 heavy (non-hydrogen) atoms. The summed E-state index contributed by atoms with van der Waals surface area (Å²) < 4.78 is 13.9. The molecule has 2 aromatic carbocycles. The van der Waals surface area contributed by atoms with Crippen LogP contribution in [0.1, 0.15) is 39.2 Å². The Morgan fingerprint density at radius 3 is 2.30 bits per heavy atom. The van der Waals surface area contributed by atoms with Gasteiger partial charge in [-0.1, -0.05) is 24.3 Å². The fourth-order valence-corrected chi connectivity index (χ4v) is 3.90. The standard InChI is InChI=1S/C24H16FN3O2/c1-14(28-23(29)17-8-2-3-9-18(17)24(28)30)19-13-21-20(10-5-11-26-21)27-22(19)15-6-4-7-16(25)12-15/h2-14H,1H3. The molecule has 1 aliphatic heterocycles. The molecule has 0 saturated carbocycles. The van der Waals surface area contributed by atoms with E-state index in [1.807, 2.05) is 12.1 Å². The van der Waals surface area contributed by atoms with E-state index in [2.05, 4.69) is 4.98 Å². The lowest BCUT2D eigenvalue weighted by atomic mass is 9.98. The van der Waals surface area contributed by atoms with E-state index in [1.54, 1.807) is 55.6 Å². The molecule has 1 unspecified atom stereocenters. The van der Waals surface area contributed by atoms with E-state index in [4.69, 9.17) is 4.98 Å². The summed E-state index contributed by atoms with van der Waals surface area (Å²) in [6.07, 6.45) is 1.66. The van der Waals surface area contributed by atoms with Crippen molar-refractivity contribution < 1.29 is 14.0 Å². The van der Waals surface area contributed by atoms with Crippen LogP contribution in [0.4, 0.5) is 4.39 Å². The molecular weight excluding hydrogens is 381 g/mol. The van der Waals surface area contributed by atoms with Crippen molar-refractivity contribution in [2.24, 2.45) is 0 Å². The van der Waals surface area contributed by atoms with Crippen molar-refractivity contribution >= 4 is 22.8 Å². The summed E-state index contributed by atoms with van der Waals surface area (Å²) in [6, 6.07) is 17.7. The predicted molar refractivity (Wildman–Crippen MR) is 110 cm³/mol. The van der Waals surface area contributed by atoms with Gasteiger partial charge in [0, 0.05) is 17.3 Å². The van der Waals surface area contributed by atoms with E-state index >= 15 is 0 Å². The van der Waals surface area contributed by atoms with Crippen LogP contribution >= 0.6 is 0 Å². The van der Waals surface area contributed by atoms with Gasteiger partial charge < -0.3 is 0 Å². The van der Waals surface area contributed by atoms with Crippen LogP contribution in [-0.2, 0) is 0 Å². The first kappa shape index (κ1) is 18.1. The largest absolute Gasteiger partial charge is 0.269 e. The maximum absolute atomic E-state index is 13.9. The summed E-state index contributed by atoms with van der Waals surface area (Å²) in [5, 5.41) is 0. The van der Waals surface area contributed by atoms with Crippen LogP contribution in [0.5, 0.6) is 0 Å². The van der Waals surface area contributed by atoms with Gasteiger partial charge in [0.1, 0.15) is 5.82 Å². The van der Waals surface area contributed by atoms with Crippen molar-refractivity contribution in [3.63, 3.8) is 0 Å². The Hall–Kier alpha value is -3.93. The van der Waals surface area contributed by atoms with Crippen molar-refractivity contribution in [1.82, 2.24) is 14.9 Å². The molecule has 1 aliphatic rings. The van der Waals surface area contributed by atoms with Crippen molar-refractivity contribution in [3.8, 4) is 11.3 Å². The first-order valence-electron chi connectivity index (χ1n) is 9.53. The lowest BCUT2D eigenvalue weighted by molar-refractivity contribution is 0.0595. The summed E-state index contributed by atoms with van der Waals surface area (Å²) in [5.74, 6) is -1.09. The molecule has 5 rings (SSSR count). The topological polar surface area (TPSA) is 63.2 Å². The number of carbonyl (C=O) groups excluding carboxylic acids is 2. The molecule has 0 aliphatic carbocycles. The Kier molecular flexibility index (Phi) is 4.13. The van der Waals surface area contributed by atoms with Crippen LogP contribution in [0.25, 0.3) is 22.3 Å². The normalized spacial score (nSPS) is 14.3. The average molecular weight is 397 g/mol. The van der Waals surface area contributed by atoms with E-state index in [0.29, 0.717) is 39.0 Å². The number of aromatic nitrogens is 2. The zero-order valence-electron chi connectivity index (χ0n) is 16.0. The van der Waals surface area contributed by atoms with Gasteiger partial charge in [0.2, 0.25) is 0 Å². The molecule has 6 heteroatoms. The van der Waals surface area contributed by atoms with Crippen LogP contribution in [0, 0.1) is 5.82 Å². The highest BCUT2D eigenvalue weighted by atomic mass is 19.1. The van der Waals surface area contributed by atoms with Crippen LogP contribution < -0.4 is 0 Å². The van der Waals surface area contributed by atoms with E-state index < -0.39 is 6.04 Å². The molecule has 3 heterocycles. The minimum absolute atomic E-state index is 0.352. The van der Waals surface area contributed by atoms with Crippen LogP contribution in [0.2, 0.25) is 0 Å². The van der Waals surface area contributed by atoms with Crippen LogP contribution in [-0.4, -0.2) is 26.7 Å². The molecule has 0 saturated heterocycles. The summed E-state index contributed by atoms with van der Waals surface area (Å²) in [7, 11) is 0. The number of halogens is 1. The zero-order chi connectivity index (χ0) is 20.8. The number of pyridine rings is 2. The van der Waals surface area contributed by atoms with Gasteiger partial charge in [-0.05, 0) is 49.4 Å². The number of benzene rings is 2. The Morgan fingerprint density at radius 1 is 0.867 bits per heavy atom. The SMILES string of the molecule is CC(c1cc2ncccc2nc1-c1cccc(F)c1)N1C(=O)c2ccccc2C1=O. The van der Waals surface area contributed by atoms with Gasteiger partial charge in [-0.25, -0.2) is 9.37 Å². The first-order valence-corrected chi connectivity index (χ1v) is 9.53. The smallest absolute Gasteiger partial charge is 0.262 e. The Bertz CT molecular complexity index is 1300. The molecule has 2 aromatic heterocycles. The molecule has 2 amide bonds. The third kappa shape index (κ3) is 2.76. The number of amides is 2. The third-order valence-electron chi connectivity index (χ3n) is 5.38. The van der Waals surface area contributed by atoms with E-state index in [-0.39, 0.29) is 17.6 Å². The van der Waals surface area contributed by atoms with Gasteiger partial charge in [-0.15, -0.1) is 0 Å². The number of rotatable bonds is 3. The summed E-state index contributed by atoms with van der Waals surface area (Å²) in [5.41, 5.74) is 3.76. The molecule has 5 nitrogen and oxygen atoms in total. The fraction of sp³-hybridized carbons (Fsp3) is 0.0833. The predicted octanol–water partition coefficient (Wildman–Crippen LogP) is 4.79. The van der Waals surface area contributed by atoms with Gasteiger partial charge >= 0.3 is 0 Å². The second kappa shape index (κ2) is 6.84. The highest BCUT2D eigenvalue weighted by Gasteiger charge is 2.39. The minimum atomic E-state index is -0.616. The third-order valence-corrected chi connectivity index (χ3v) is 5.38. The van der Waals surface area contributed by atoms with Crippen molar-refractivity contribution in [1.29, 1.82) is 0 Å². The Morgan fingerprint density at radius 2 is 1.60 bits per heavy atom. The summed E-state index contributed by atoms with van der Waals surface area (Å²) in [6.45, 7) is 1.77. The molecule has 4 aromatic rings. The number of fused-ring (bicyclic) bond motifs is 2. The van der Waals surface area contributed by atoms with E-state index in [9.17, 15) is 14.0 Å². The second-order valence-electron chi connectivity index (χ2n) is 7.18. The van der Waals surface area contributed by atoms with Gasteiger partial charge in [0.25, 0.3) is 11.8 Å². The van der Waals surface area contributed by atoms with Crippen molar-refractivity contribution in [3.05, 3.63) is 95.4 Å². The number of hydrogen-bond donors (Lipinski definition) is 0. The summed E-state index contributed by atoms with van der Waals surface area (Å²) >= 11 is 0. The van der Waals surface area contributed by atoms with Gasteiger partial charge in [-0.2, -0.15) is 0 Å². The number of imide groups is 1. The van der Waals surface area contributed by atoms with Gasteiger partial charge in [-0.3, -0.25) is 19.5 Å². The van der Waals surface area contributed by atoms with Crippen LogP contribution in [0.15, 0.2) is 72.9 Å². The maximum Gasteiger partial charge on any atom is 0.262 e. The number of carbonyl (C=O) groups is 2. The van der Waals surface area contributed by atoms with Crippen LogP contribution in [0.3, 0.4) is 0 Å². The molecule has 1 atom stereocenters. The number of hydrogen-bond acceptors (Lipinski definition) is 4. The molecule has 146 valence electrons. The van der Waals surface area contributed by atoms with Gasteiger partial charge in [0.15, 0.2) is 0 Å². The average Bonchev–Trinajstić information content (AvgIpc) is 3.03. The summed E-state index contributed by atoms with van der Waals surface area (Å²) in [4.78, 5) is 36.3. The molecule has 0 spiro atoms. The Balaban J connectivity index is 1.69. The van der Waals surface area contributed by atoms with E-state index in [0.717, 1.165) is 0 Å². The zero-order valence-corrected chi connectivity index (χ0v) is 16.0. The maximum atomic E-state index is 13.9. The monoisotopic (exact) mass is 397 g/mol. The molecule has 0 N–H and O–H groups in total. The molecule has 0 fully saturated rings. The second-order valence-corrected chi connectivity index (χ2v) is 7.18. The lowest BCUT2D eigenvalue weighted by Gasteiger charge is -2.25. The lowest BCUT2D eigenvalue weighted by Crippen LogP contribution is -2.33. The highest BCUT2D eigenvalue weighted by molar-refractivity contribution is 6.21. The van der Waals surface area contributed by atoms with E-state index in [1.165, 1.54) is 17.0 Å². The minimum Gasteiger partial charge on any atom is -0.269 e. The van der Waals surface area contributed by atoms with Crippen molar-refractivity contribution in [2.45, 2.75) is 13.0 Å². The quantitative estimate of drug-likeness (QED) is 0.466.